The second kappa shape index (κ2) is 10.0. The van der Waals surface area contributed by atoms with E-state index in [0.29, 0.717) is 18.5 Å². The normalized spacial score (nSPS) is 17.2. The molecule has 6 nitrogen and oxygen atoms in total. The highest BCUT2D eigenvalue weighted by atomic mass is 16.5. The van der Waals surface area contributed by atoms with Gasteiger partial charge in [-0.25, -0.2) is 9.59 Å². The fourth-order valence-corrected chi connectivity index (χ4v) is 5.38. The summed E-state index contributed by atoms with van der Waals surface area (Å²) in [7, 11) is 0. The fraction of sp³-hybridized carbons (Fsp3) is 0.517. The molecule has 0 bridgehead atoms. The summed E-state index contributed by atoms with van der Waals surface area (Å²) in [6.45, 7) is 10.1. The Morgan fingerprint density at radius 2 is 1.74 bits per heavy atom. The maximum Gasteiger partial charge on any atom is 0.337 e. The second-order valence-electron chi connectivity index (χ2n) is 11.0. The van der Waals surface area contributed by atoms with E-state index in [2.05, 4.69) is 5.32 Å². The maximum absolute atomic E-state index is 13.3. The number of aryl methyl sites for hydroxylation is 2. The molecule has 1 fully saturated rings. The number of fused-ring (bicyclic) bond motifs is 1. The highest BCUT2D eigenvalue weighted by Gasteiger charge is 2.36. The number of amides is 2. The number of carboxylic acid groups (broad SMARTS) is 1. The van der Waals surface area contributed by atoms with E-state index < -0.39 is 17.7 Å². The minimum atomic E-state index is -1.11. The largest absolute Gasteiger partial charge is 0.479 e. The van der Waals surface area contributed by atoms with E-state index in [9.17, 15) is 14.7 Å². The Hall–Kier alpha value is -2.86. The van der Waals surface area contributed by atoms with Crippen LogP contribution in [0.2, 0.25) is 0 Å². The molecular formula is C29H38N2O4. The summed E-state index contributed by atoms with van der Waals surface area (Å²) in [6.07, 6.45) is 5.18. The van der Waals surface area contributed by atoms with E-state index in [1.165, 1.54) is 6.42 Å². The van der Waals surface area contributed by atoms with Crippen molar-refractivity contribution in [3.63, 3.8) is 0 Å². The van der Waals surface area contributed by atoms with Gasteiger partial charge in [-0.15, -0.1) is 0 Å². The lowest BCUT2D eigenvalue weighted by Crippen LogP contribution is -2.45. The highest BCUT2D eigenvalue weighted by molar-refractivity contribution is 5.97. The zero-order valence-electron chi connectivity index (χ0n) is 21.6. The van der Waals surface area contributed by atoms with Gasteiger partial charge in [-0.2, -0.15) is 0 Å². The first-order chi connectivity index (χ1) is 16.5. The molecule has 35 heavy (non-hydrogen) atoms. The Bertz CT molecular complexity index is 1100. The van der Waals surface area contributed by atoms with Crippen LogP contribution in [0.1, 0.15) is 81.2 Å². The summed E-state index contributed by atoms with van der Waals surface area (Å²) in [5.41, 5.74) is 5.69. The quantitative estimate of drug-likeness (QED) is 0.527. The van der Waals surface area contributed by atoms with Gasteiger partial charge in [0.05, 0.1) is 5.60 Å². The molecule has 0 spiro atoms. The molecule has 1 aliphatic heterocycles. The molecule has 1 heterocycles. The van der Waals surface area contributed by atoms with Crippen molar-refractivity contribution in [2.75, 3.05) is 11.4 Å². The molecule has 188 valence electrons. The first-order valence-electron chi connectivity index (χ1n) is 12.8. The maximum atomic E-state index is 13.3. The van der Waals surface area contributed by atoms with E-state index >= 15 is 0 Å². The number of hydrogen-bond acceptors (Lipinski definition) is 3. The van der Waals surface area contributed by atoms with Gasteiger partial charge in [0, 0.05) is 23.8 Å². The Morgan fingerprint density at radius 3 is 2.34 bits per heavy atom. The van der Waals surface area contributed by atoms with Crippen molar-refractivity contribution in [1.82, 2.24) is 5.32 Å². The van der Waals surface area contributed by atoms with Crippen molar-refractivity contribution >= 4 is 17.7 Å². The SMILES string of the molecule is Cc1ccc(-c2c3c(cc(C)c2C(OC(C)(C)C)C(=O)O)N(C(=O)NC2CCCCC2)CC3)cc1. The third-order valence-corrected chi connectivity index (χ3v) is 7.01. The van der Waals surface area contributed by atoms with Crippen LogP contribution in [-0.4, -0.2) is 35.3 Å². The van der Waals surface area contributed by atoms with Gasteiger partial charge in [0.2, 0.25) is 0 Å². The Kier molecular flexibility index (Phi) is 7.22. The number of hydrogen-bond donors (Lipinski definition) is 2. The molecule has 2 amide bonds. The van der Waals surface area contributed by atoms with Gasteiger partial charge in [-0.3, -0.25) is 4.90 Å². The average Bonchev–Trinajstić information content (AvgIpc) is 3.21. The van der Waals surface area contributed by atoms with Gasteiger partial charge in [0.15, 0.2) is 6.10 Å². The number of benzene rings is 2. The number of aliphatic carboxylic acids is 1. The third-order valence-electron chi connectivity index (χ3n) is 7.01. The second-order valence-corrected chi connectivity index (χ2v) is 11.0. The molecular weight excluding hydrogens is 440 g/mol. The lowest BCUT2D eigenvalue weighted by molar-refractivity contribution is -0.160. The molecule has 0 radical (unpaired) electrons. The molecule has 0 aromatic heterocycles. The fourth-order valence-electron chi connectivity index (χ4n) is 5.38. The zero-order valence-corrected chi connectivity index (χ0v) is 21.6. The van der Waals surface area contributed by atoms with Crippen LogP contribution >= 0.6 is 0 Å². The summed E-state index contributed by atoms with van der Waals surface area (Å²) in [5, 5.41) is 13.4. The summed E-state index contributed by atoms with van der Waals surface area (Å²) < 4.78 is 6.09. The number of anilines is 1. The molecule has 1 atom stereocenters. The van der Waals surface area contributed by atoms with E-state index in [-0.39, 0.29) is 12.1 Å². The zero-order chi connectivity index (χ0) is 25.3. The molecule has 1 saturated carbocycles. The summed E-state index contributed by atoms with van der Waals surface area (Å²) in [4.78, 5) is 27.6. The van der Waals surface area contributed by atoms with Crippen molar-refractivity contribution in [3.05, 3.63) is 52.6 Å². The van der Waals surface area contributed by atoms with Crippen molar-refractivity contribution < 1.29 is 19.4 Å². The van der Waals surface area contributed by atoms with Gasteiger partial charge >= 0.3 is 12.0 Å². The number of ether oxygens (including phenoxy) is 1. The van der Waals surface area contributed by atoms with Crippen LogP contribution in [0.5, 0.6) is 0 Å². The Labute approximate surface area is 208 Å². The molecule has 0 saturated heterocycles. The van der Waals surface area contributed by atoms with Crippen LogP contribution in [0.15, 0.2) is 30.3 Å². The number of nitrogens with one attached hydrogen (secondary N) is 1. The van der Waals surface area contributed by atoms with Gasteiger partial charge in [-0.1, -0.05) is 49.1 Å². The van der Waals surface area contributed by atoms with Crippen LogP contribution in [0.4, 0.5) is 10.5 Å². The van der Waals surface area contributed by atoms with Gasteiger partial charge in [0.1, 0.15) is 0 Å². The number of carboxylic acids is 1. The number of carbonyl (C=O) groups is 2. The van der Waals surface area contributed by atoms with Gasteiger partial charge in [-0.05, 0) is 82.2 Å². The van der Waals surface area contributed by atoms with Crippen molar-refractivity contribution in [3.8, 4) is 11.1 Å². The summed E-state index contributed by atoms with van der Waals surface area (Å²) in [6, 6.07) is 10.3. The number of carbonyl (C=O) groups excluding carboxylic acids is 1. The van der Waals surface area contributed by atoms with E-state index in [1.54, 1.807) is 0 Å². The smallest absolute Gasteiger partial charge is 0.337 e. The predicted molar refractivity (Wildman–Crippen MR) is 139 cm³/mol. The lowest BCUT2D eigenvalue weighted by atomic mass is 9.86. The molecule has 1 aliphatic carbocycles. The molecule has 4 rings (SSSR count). The molecule has 2 aromatic carbocycles. The topological polar surface area (TPSA) is 78.9 Å². The minimum absolute atomic E-state index is 0.0571. The molecule has 2 aliphatic rings. The van der Waals surface area contributed by atoms with Crippen LogP contribution in [0.3, 0.4) is 0 Å². The molecule has 2 aromatic rings. The highest BCUT2D eigenvalue weighted by Crippen LogP contribution is 2.44. The standard InChI is InChI=1S/C29H38N2O4/c1-18-11-13-20(14-12-18)25-22-15-16-31(28(34)30-21-9-7-6-8-10-21)23(22)17-19(2)24(25)26(27(32)33)35-29(3,4)5/h11-14,17,21,26H,6-10,15-16H2,1-5H3,(H,30,34)(H,32,33). The van der Waals surface area contributed by atoms with Crippen molar-refractivity contribution in [2.45, 2.75) is 90.9 Å². The average molecular weight is 479 g/mol. The van der Waals surface area contributed by atoms with Gasteiger partial charge < -0.3 is 15.2 Å². The number of urea groups is 1. The van der Waals surface area contributed by atoms with Crippen LogP contribution in [0, 0.1) is 13.8 Å². The van der Waals surface area contributed by atoms with Gasteiger partial charge in [0.25, 0.3) is 0 Å². The summed E-state index contributed by atoms with van der Waals surface area (Å²) >= 11 is 0. The van der Waals surface area contributed by atoms with E-state index in [1.807, 2.05) is 69.9 Å². The lowest BCUT2D eigenvalue weighted by Gasteiger charge is -2.30. The molecule has 1 unspecified atom stereocenters. The van der Waals surface area contributed by atoms with Crippen LogP contribution in [-0.2, 0) is 16.0 Å². The first kappa shape index (κ1) is 25.2. The Morgan fingerprint density at radius 1 is 1.09 bits per heavy atom. The number of rotatable bonds is 5. The monoisotopic (exact) mass is 478 g/mol. The van der Waals surface area contributed by atoms with Crippen molar-refractivity contribution in [2.24, 2.45) is 0 Å². The van der Waals surface area contributed by atoms with Crippen LogP contribution in [0.25, 0.3) is 11.1 Å². The molecule has 6 heteroatoms. The van der Waals surface area contributed by atoms with Crippen molar-refractivity contribution in [1.29, 1.82) is 0 Å². The minimum Gasteiger partial charge on any atom is -0.479 e. The Balaban J connectivity index is 1.81. The van der Waals surface area contributed by atoms with E-state index in [0.717, 1.165) is 59.2 Å². The number of nitrogens with zero attached hydrogens (tertiary/aromatic N) is 1. The summed E-state index contributed by atoms with van der Waals surface area (Å²) in [5.74, 6) is -1.01. The molecule has 2 N–H and O–H groups in total. The third kappa shape index (κ3) is 5.53. The van der Waals surface area contributed by atoms with Crippen LogP contribution < -0.4 is 10.2 Å². The first-order valence-corrected chi connectivity index (χ1v) is 12.8. The van der Waals surface area contributed by atoms with E-state index in [4.69, 9.17) is 4.74 Å². The predicted octanol–water partition coefficient (Wildman–Crippen LogP) is 6.32.